The molecule has 1 heterocycles. The number of phenolic OH excluding ortho intramolecular Hbond substituents is 1. The fraction of sp³-hybridized carbons (Fsp3) is 0.250. The van der Waals surface area contributed by atoms with Gasteiger partial charge in [-0.2, -0.15) is 0 Å². The number of benzene rings is 1. The van der Waals surface area contributed by atoms with Crippen LogP contribution >= 0.6 is 0 Å². The maximum Gasteiger partial charge on any atom is 0.357 e. The third kappa shape index (κ3) is 3.16. The predicted octanol–water partition coefficient (Wildman–Crippen LogP) is 0.885. The van der Waals surface area contributed by atoms with Crippen molar-refractivity contribution < 1.29 is 19.5 Å². The van der Waals surface area contributed by atoms with Gasteiger partial charge in [-0.05, 0) is 23.8 Å². The van der Waals surface area contributed by atoms with E-state index >= 15 is 0 Å². The highest BCUT2D eigenvalue weighted by atomic mass is 16.6. The summed E-state index contributed by atoms with van der Waals surface area (Å²) in [4.78, 5) is 34.6. The number of hydrogen-bond donors (Lipinski definition) is 1. The van der Waals surface area contributed by atoms with Gasteiger partial charge in [0.05, 0.1) is 19.1 Å². The standard InChI is InChI=1S/C16H17N3O7/c1-17-10(13(19(23)24)15(21)18(2)16(17)22)6-5-9-7-11(25-3)14(20)12(8-9)26-4/h5-8,20H,1-4H3/b6-5+. The van der Waals surface area contributed by atoms with Crippen molar-refractivity contribution in [1.29, 1.82) is 0 Å². The van der Waals surface area contributed by atoms with Crippen molar-refractivity contribution in [2.45, 2.75) is 0 Å². The number of methoxy groups -OCH3 is 2. The van der Waals surface area contributed by atoms with Crippen LogP contribution in [0.25, 0.3) is 12.2 Å². The molecule has 0 aliphatic heterocycles. The second-order valence-corrected chi connectivity index (χ2v) is 5.30. The van der Waals surface area contributed by atoms with Crippen LogP contribution in [-0.2, 0) is 14.1 Å². The average molecular weight is 363 g/mol. The molecule has 2 aromatic rings. The molecule has 10 nitrogen and oxygen atoms in total. The van der Waals surface area contributed by atoms with Crippen LogP contribution in [0.1, 0.15) is 11.3 Å². The molecule has 0 aliphatic carbocycles. The van der Waals surface area contributed by atoms with E-state index in [-0.39, 0.29) is 22.9 Å². The lowest BCUT2D eigenvalue weighted by atomic mass is 10.1. The summed E-state index contributed by atoms with van der Waals surface area (Å²) < 4.78 is 11.8. The molecular formula is C16H17N3O7. The molecule has 0 atom stereocenters. The third-order valence-electron chi connectivity index (χ3n) is 3.80. The lowest BCUT2D eigenvalue weighted by molar-refractivity contribution is -0.387. The van der Waals surface area contributed by atoms with Gasteiger partial charge in [-0.25, -0.2) is 4.79 Å². The zero-order valence-corrected chi connectivity index (χ0v) is 14.5. The molecule has 1 aromatic heterocycles. The Morgan fingerprint density at radius 3 is 2.08 bits per heavy atom. The number of rotatable bonds is 5. The summed E-state index contributed by atoms with van der Waals surface area (Å²) in [7, 11) is 5.21. The Balaban J connectivity index is 2.68. The van der Waals surface area contributed by atoms with Crippen molar-refractivity contribution in [3.8, 4) is 17.2 Å². The Hall–Kier alpha value is -3.56. The van der Waals surface area contributed by atoms with E-state index in [1.54, 1.807) is 0 Å². The summed E-state index contributed by atoms with van der Waals surface area (Å²) in [6, 6.07) is 2.94. The van der Waals surface area contributed by atoms with Crippen molar-refractivity contribution in [1.82, 2.24) is 9.13 Å². The number of nitrogens with zero attached hydrogens (tertiary/aromatic N) is 3. The molecule has 0 saturated heterocycles. The van der Waals surface area contributed by atoms with Gasteiger partial charge >= 0.3 is 16.9 Å². The molecule has 0 fully saturated rings. The molecule has 0 bridgehead atoms. The van der Waals surface area contributed by atoms with Crippen LogP contribution in [0, 0.1) is 10.1 Å². The number of phenols is 1. The Labute approximate surface area is 147 Å². The quantitative estimate of drug-likeness (QED) is 0.617. The van der Waals surface area contributed by atoms with Gasteiger partial charge < -0.3 is 14.6 Å². The van der Waals surface area contributed by atoms with Gasteiger partial charge in [-0.15, -0.1) is 0 Å². The molecule has 0 unspecified atom stereocenters. The second-order valence-electron chi connectivity index (χ2n) is 5.30. The summed E-state index contributed by atoms with van der Waals surface area (Å²) in [5.74, 6) is 0.0758. The highest BCUT2D eigenvalue weighted by Gasteiger charge is 2.23. The Morgan fingerprint density at radius 2 is 1.62 bits per heavy atom. The van der Waals surface area contributed by atoms with E-state index in [9.17, 15) is 24.8 Å². The van der Waals surface area contributed by atoms with Crippen molar-refractivity contribution in [2.75, 3.05) is 14.2 Å². The smallest absolute Gasteiger partial charge is 0.357 e. The summed E-state index contributed by atoms with van der Waals surface area (Å²) >= 11 is 0. The molecule has 10 heteroatoms. The number of ether oxygens (including phenoxy) is 2. The van der Waals surface area contributed by atoms with E-state index in [2.05, 4.69) is 0 Å². The third-order valence-corrected chi connectivity index (χ3v) is 3.80. The topological polar surface area (TPSA) is 126 Å². The molecule has 1 N–H and O–H groups in total. The zero-order chi connectivity index (χ0) is 19.6. The van der Waals surface area contributed by atoms with Crippen LogP contribution in [0.2, 0.25) is 0 Å². The SMILES string of the molecule is COc1cc(/C=C/c2c([N+](=O)[O-])c(=O)n(C)c(=O)n2C)cc(OC)c1O. The molecule has 1 aromatic carbocycles. The number of hydrogen-bond acceptors (Lipinski definition) is 7. The summed E-state index contributed by atoms with van der Waals surface area (Å²) in [5.41, 5.74) is -2.10. The van der Waals surface area contributed by atoms with Crippen LogP contribution in [0.3, 0.4) is 0 Å². The summed E-state index contributed by atoms with van der Waals surface area (Å²) in [5, 5.41) is 21.2. The van der Waals surface area contributed by atoms with Crippen LogP contribution in [0.4, 0.5) is 5.69 Å². The first-order valence-electron chi connectivity index (χ1n) is 7.30. The van der Waals surface area contributed by atoms with Crippen LogP contribution in [0.5, 0.6) is 17.2 Å². The first-order valence-corrected chi connectivity index (χ1v) is 7.30. The predicted molar refractivity (Wildman–Crippen MR) is 93.7 cm³/mol. The number of nitro groups is 1. The largest absolute Gasteiger partial charge is 0.502 e. The van der Waals surface area contributed by atoms with E-state index in [4.69, 9.17) is 9.47 Å². The van der Waals surface area contributed by atoms with Crippen molar-refractivity contribution >= 4 is 17.8 Å². The molecule has 0 saturated carbocycles. The first-order chi connectivity index (χ1) is 12.2. The van der Waals surface area contributed by atoms with Crippen LogP contribution < -0.4 is 20.7 Å². The highest BCUT2D eigenvalue weighted by Crippen LogP contribution is 2.37. The van der Waals surface area contributed by atoms with Crippen LogP contribution in [0.15, 0.2) is 21.7 Å². The van der Waals surface area contributed by atoms with Gasteiger partial charge in [0.2, 0.25) is 5.75 Å². The minimum atomic E-state index is -1.00. The second kappa shape index (κ2) is 7.13. The Bertz CT molecular complexity index is 993. The van der Waals surface area contributed by atoms with E-state index in [1.807, 2.05) is 0 Å². The van der Waals surface area contributed by atoms with Gasteiger partial charge in [0.1, 0.15) is 5.69 Å². The highest BCUT2D eigenvalue weighted by molar-refractivity contribution is 5.74. The number of aromatic hydroxyl groups is 1. The average Bonchev–Trinajstić information content (AvgIpc) is 2.62. The van der Waals surface area contributed by atoms with Gasteiger partial charge in [0, 0.05) is 14.1 Å². The van der Waals surface area contributed by atoms with E-state index < -0.39 is 21.9 Å². The summed E-state index contributed by atoms with van der Waals surface area (Å²) in [6.45, 7) is 0. The maximum atomic E-state index is 12.1. The van der Waals surface area contributed by atoms with Gasteiger partial charge in [0.15, 0.2) is 11.5 Å². The lowest BCUT2D eigenvalue weighted by Gasteiger charge is -2.10. The van der Waals surface area contributed by atoms with Gasteiger partial charge in [0.25, 0.3) is 0 Å². The van der Waals surface area contributed by atoms with Crippen molar-refractivity contribution in [3.63, 3.8) is 0 Å². The van der Waals surface area contributed by atoms with Crippen molar-refractivity contribution in [2.24, 2.45) is 14.1 Å². The van der Waals surface area contributed by atoms with Gasteiger partial charge in [-0.1, -0.05) is 6.08 Å². The van der Waals surface area contributed by atoms with E-state index in [0.717, 1.165) is 4.57 Å². The zero-order valence-electron chi connectivity index (χ0n) is 14.5. The molecule has 26 heavy (non-hydrogen) atoms. The van der Waals surface area contributed by atoms with Gasteiger partial charge in [-0.3, -0.25) is 24.0 Å². The minimum absolute atomic E-state index is 0.136. The molecule has 138 valence electrons. The lowest BCUT2D eigenvalue weighted by Crippen LogP contribution is -2.39. The Morgan fingerprint density at radius 1 is 1.08 bits per heavy atom. The van der Waals surface area contributed by atoms with Crippen molar-refractivity contribution in [3.05, 3.63) is 54.3 Å². The normalized spacial score (nSPS) is 10.9. The molecule has 0 spiro atoms. The maximum absolute atomic E-state index is 12.1. The molecule has 0 radical (unpaired) electrons. The fourth-order valence-corrected chi connectivity index (χ4v) is 2.39. The number of aromatic nitrogens is 2. The first kappa shape index (κ1) is 18.8. The molecular weight excluding hydrogens is 346 g/mol. The molecule has 2 rings (SSSR count). The fourth-order valence-electron chi connectivity index (χ4n) is 2.39. The van der Waals surface area contributed by atoms with E-state index in [0.29, 0.717) is 10.1 Å². The van der Waals surface area contributed by atoms with Crippen LogP contribution in [-0.4, -0.2) is 33.4 Å². The molecule has 0 aliphatic rings. The minimum Gasteiger partial charge on any atom is -0.502 e. The monoisotopic (exact) mass is 363 g/mol. The molecule has 0 amide bonds. The summed E-state index contributed by atoms with van der Waals surface area (Å²) in [6.07, 6.45) is 2.71. The van der Waals surface area contributed by atoms with E-state index in [1.165, 1.54) is 52.6 Å². The Kier molecular flexibility index (Phi) is 5.15.